The lowest BCUT2D eigenvalue weighted by molar-refractivity contribution is -0.384. The van der Waals surface area contributed by atoms with Crippen LogP contribution in [0.15, 0.2) is 29.4 Å². The summed E-state index contributed by atoms with van der Waals surface area (Å²) in [6, 6.07) is 4.56. The lowest BCUT2D eigenvalue weighted by Gasteiger charge is -2.07. The smallest absolute Gasteiger partial charge is 0.271 e. The number of thioether (sulfide) groups is 1. The van der Waals surface area contributed by atoms with Crippen molar-refractivity contribution < 1.29 is 4.92 Å². The number of nitrogens with one attached hydrogen (secondary N) is 1. The summed E-state index contributed by atoms with van der Waals surface area (Å²) < 4.78 is 0. The monoisotopic (exact) mass is 276 g/mol. The number of rotatable bonds is 3. The minimum absolute atomic E-state index is 0.0437. The molecule has 0 saturated carbocycles. The first-order valence-corrected chi connectivity index (χ1v) is 6.89. The zero-order valence-electron chi connectivity index (χ0n) is 10.1. The summed E-state index contributed by atoms with van der Waals surface area (Å²) in [7, 11) is 0. The molecular weight excluding hydrogens is 264 g/mol. The van der Waals surface area contributed by atoms with E-state index in [4.69, 9.17) is 0 Å². The quantitative estimate of drug-likeness (QED) is 0.682. The fourth-order valence-electron chi connectivity index (χ4n) is 2.05. The first kappa shape index (κ1) is 12.3. The van der Waals surface area contributed by atoms with Gasteiger partial charge in [-0.05, 0) is 19.0 Å². The molecule has 6 nitrogen and oxygen atoms in total. The predicted molar refractivity (Wildman–Crippen MR) is 73.3 cm³/mol. The van der Waals surface area contributed by atoms with Gasteiger partial charge in [-0.2, -0.15) is 0 Å². The molecule has 1 N–H and O–H groups in total. The van der Waals surface area contributed by atoms with Gasteiger partial charge in [0.25, 0.3) is 5.69 Å². The summed E-state index contributed by atoms with van der Waals surface area (Å²) in [6.45, 7) is 2.04. The average Bonchev–Trinajstić information content (AvgIpc) is 2.91. The fraction of sp³-hybridized carbons (Fsp3) is 0.333. The Morgan fingerprint density at radius 3 is 3.05 bits per heavy atom. The van der Waals surface area contributed by atoms with Crippen LogP contribution in [0.5, 0.6) is 0 Å². The minimum atomic E-state index is -0.423. The van der Waals surface area contributed by atoms with Crippen LogP contribution in [-0.4, -0.2) is 33.2 Å². The highest BCUT2D eigenvalue weighted by Crippen LogP contribution is 2.26. The van der Waals surface area contributed by atoms with E-state index in [0.717, 1.165) is 24.5 Å². The highest BCUT2D eigenvalue weighted by atomic mass is 32.2. The Kier molecular flexibility index (Phi) is 3.31. The summed E-state index contributed by atoms with van der Waals surface area (Å²) in [5.41, 5.74) is 1.30. The van der Waals surface area contributed by atoms with Gasteiger partial charge < -0.3 is 5.32 Å². The molecule has 1 atom stereocenters. The Bertz CT molecular complexity index is 628. The molecule has 1 fully saturated rings. The van der Waals surface area contributed by atoms with Crippen LogP contribution in [0.3, 0.4) is 0 Å². The molecule has 1 aromatic carbocycles. The molecule has 98 valence electrons. The molecule has 2 heterocycles. The maximum absolute atomic E-state index is 10.7. The lowest BCUT2D eigenvalue weighted by atomic mass is 10.3. The van der Waals surface area contributed by atoms with Gasteiger partial charge in [0.1, 0.15) is 5.03 Å². The van der Waals surface area contributed by atoms with Crippen molar-refractivity contribution in [1.29, 1.82) is 0 Å². The number of nitro groups is 1. The Morgan fingerprint density at radius 1 is 1.42 bits per heavy atom. The van der Waals surface area contributed by atoms with Crippen molar-refractivity contribution >= 4 is 28.5 Å². The largest absolute Gasteiger partial charge is 0.316 e. The number of fused-ring (bicyclic) bond motifs is 1. The molecule has 0 radical (unpaired) electrons. The van der Waals surface area contributed by atoms with Crippen LogP contribution < -0.4 is 5.32 Å². The summed E-state index contributed by atoms with van der Waals surface area (Å²) in [4.78, 5) is 19.0. The zero-order valence-corrected chi connectivity index (χ0v) is 10.9. The van der Waals surface area contributed by atoms with Crippen molar-refractivity contribution in [1.82, 2.24) is 15.3 Å². The van der Waals surface area contributed by atoms with Gasteiger partial charge in [-0.15, -0.1) is 11.8 Å². The van der Waals surface area contributed by atoms with Gasteiger partial charge in [0, 0.05) is 23.9 Å². The van der Waals surface area contributed by atoms with Gasteiger partial charge in [0.2, 0.25) is 0 Å². The average molecular weight is 276 g/mol. The second-order valence-electron chi connectivity index (χ2n) is 4.37. The normalized spacial score (nSPS) is 18.8. The van der Waals surface area contributed by atoms with Crippen LogP contribution in [-0.2, 0) is 0 Å². The molecule has 0 amide bonds. The molecule has 2 aromatic rings. The Morgan fingerprint density at radius 2 is 2.32 bits per heavy atom. The van der Waals surface area contributed by atoms with Crippen LogP contribution >= 0.6 is 11.8 Å². The standard InChI is InChI=1S/C12H12N4O2S/c17-16(18)8-1-2-10-11(5-8)14-7-12(15-10)19-9-3-4-13-6-9/h1-2,5,7,9,13H,3-4,6H2/t9-/m1/s1. The molecule has 0 aliphatic carbocycles. The van der Waals surface area contributed by atoms with E-state index in [-0.39, 0.29) is 5.69 Å². The van der Waals surface area contributed by atoms with E-state index in [9.17, 15) is 10.1 Å². The number of benzene rings is 1. The van der Waals surface area contributed by atoms with Crippen LogP contribution in [0.1, 0.15) is 6.42 Å². The topological polar surface area (TPSA) is 81.0 Å². The molecule has 1 aliphatic rings. The van der Waals surface area contributed by atoms with Gasteiger partial charge in [0.05, 0.1) is 22.2 Å². The lowest BCUT2D eigenvalue weighted by Crippen LogP contribution is -2.10. The van der Waals surface area contributed by atoms with E-state index in [0.29, 0.717) is 16.3 Å². The van der Waals surface area contributed by atoms with Gasteiger partial charge >= 0.3 is 0 Å². The number of hydrogen-bond donors (Lipinski definition) is 1. The maximum Gasteiger partial charge on any atom is 0.271 e. The summed E-state index contributed by atoms with van der Waals surface area (Å²) in [5.74, 6) is 0. The van der Waals surface area contributed by atoms with Crippen molar-refractivity contribution in [3.8, 4) is 0 Å². The third kappa shape index (κ3) is 2.66. The third-order valence-corrected chi connectivity index (χ3v) is 4.19. The highest BCUT2D eigenvalue weighted by molar-refractivity contribution is 7.99. The fourth-order valence-corrected chi connectivity index (χ4v) is 3.10. The van der Waals surface area contributed by atoms with Gasteiger partial charge in [-0.25, -0.2) is 4.98 Å². The molecule has 3 rings (SSSR count). The van der Waals surface area contributed by atoms with Crippen molar-refractivity contribution in [2.24, 2.45) is 0 Å². The van der Waals surface area contributed by atoms with E-state index < -0.39 is 4.92 Å². The van der Waals surface area contributed by atoms with Gasteiger partial charge in [-0.3, -0.25) is 15.1 Å². The SMILES string of the molecule is O=[N+]([O-])c1ccc2nc(S[C@@H]3CCNC3)cnc2c1. The van der Waals surface area contributed by atoms with E-state index in [1.54, 1.807) is 24.0 Å². The second-order valence-corrected chi connectivity index (χ2v) is 5.69. The van der Waals surface area contributed by atoms with Crippen LogP contribution in [0.4, 0.5) is 5.69 Å². The number of aromatic nitrogens is 2. The van der Waals surface area contributed by atoms with Crippen molar-refractivity contribution in [2.75, 3.05) is 13.1 Å². The summed E-state index contributed by atoms with van der Waals surface area (Å²) in [5, 5.41) is 15.4. The highest BCUT2D eigenvalue weighted by Gasteiger charge is 2.17. The number of nitro benzene ring substituents is 1. The van der Waals surface area contributed by atoms with Gasteiger partial charge in [-0.1, -0.05) is 0 Å². The molecular formula is C12H12N4O2S. The Labute approximate surface area is 113 Å². The Balaban J connectivity index is 1.88. The van der Waals surface area contributed by atoms with Crippen molar-refractivity contribution in [3.63, 3.8) is 0 Å². The number of non-ortho nitro benzene ring substituents is 1. The minimum Gasteiger partial charge on any atom is -0.316 e. The molecule has 0 bridgehead atoms. The van der Waals surface area contributed by atoms with E-state index >= 15 is 0 Å². The van der Waals surface area contributed by atoms with E-state index in [1.165, 1.54) is 12.1 Å². The van der Waals surface area contributed by atoms with Gasteiger partial charge in [0.15, 0.2) is 0 Å². The first-order chi connectivity index (χ1) is 9.22. The second kappa shape index (κ2) is 5.10. The molecule has 1 aromatic heterocycles. The van der Waals surface area contributed by atoms with Crippen LogP contribution in [0.25, 0.3) is 11.0 Å². The molecule has 1 saturated heterocycles. The molecule has 7 heteroatoms. The molecule has 0 unspecified atom stereocenters. The molecule has 19 heavy (non-hydrogen) atoms. The predicted octanol–water partition coefficient (Wildman–Crippen LogP) is 1.99. The van der Waals surface area contributed by atoms with E-state index in [1.807, 2.05) is 0 Å². The summed E-state index contributed by atoms with van der Waals surface area (Å²) >= 11 is 1.71. The maximum atomic E-state index is 10.7. The summed E-state index contributed by atoms with van der Waals surface area (Å²) in [6.07, 6.45) is 2.82. The van der Waals surface area contributed by atoms with Crippen LogP contribution in [0, 0.1) is 10.1 Å². The third-order valence-electron chi connectivity index (χ3n) is 3.02. The first-order valence-electron chi connectivity index (χ1n) is 6.01. The van der Waals surface area contributed by atoms with Crippen molar-refractivity contribution in [3.05, 3.63) is 34.5 Å². The van der Waals surface area contributed by atoms with Crippen molar-refractivity contribution in [2.45, 2.75) is 16.7 Å². The number of nitrogens with zero attached hydrogens (tertiary/aromatic N) is 3. The molecule has 0 spiro atoms. The molecule has 1 aliphatic heterocycles. The van der Waals surface area contributed by atoms with E-state index in [2.05, 4.69) is 15.3 Å². The van der Waals surface area contributed by atoms with Crippen LogP contribution in [0.2, 0.25) is 0 Å². The zero-order chi connectivity index (χ0) is 13.2. The Hall–Kier alpha value is -1.73. The number of hydrogen-bond acceptors (Lipinski definition) is 6.